The molecule has 0 heterocycles. The first kappa shape index (κ1) is 13.1. The maximum Gasteiger partial charge on any atom is 0.336 e. The van der Waals surface area contributed by atoms with Gasteiger partial charge >= 0.3 is 5.97 Å². The number of halogens is 1. The van der Waals surface area contributed by atoms with E-state index in [1.807, 2.05) is 6.07 Å². The summed E-state index contributed by atoms with van der Waals surface area (Å²) in [6.45, 7) is 1.74. The van der Waals surface area contributed by atoms with E-state index in [2.05, 4.69) is 0 Å². The standard InChI is InChI=1S/C15H10ClNO2/c1-9-3-2-4-12(14(9)15(18)19)10-5-6-13(16)11(7-10)8-17/h2-7H,1H3,(H,18,19). The lowest BCUT2D eigenvalue weighted by Gasteiger charge is -2.09. The number of nitriles is 1. The summed E-state index contributed by atoms with van der Waals surface area (Å²) in [4.78, 5) is 11.3. The van der Waals surface area contributed by atoms with E-state index in [4.69, 9.17) is 16.9 Å². The summed E-state index contributed by atoms with van der Waals surface area (Å²) in [6.07, 6.45) is 0. The molecule has 0 amide bonds. The topological polar surface area (TPSA) is 61.1 Å². The lowest BCUT2D eigenvalue weighted by atomic mass is 9.95. The average molecular weight is 272 g/mol. The van der Waals surface area contributed by atoms with Gasteiger partial charge in [-0.1, -0.05) is 35.9 Å². The lowest BCUT2D eigenvalue weighted by Crippen LogP contribution is -2.02. The molecule has 0 aromatic heterocycles. The molecule has 4 heteroatoms. The quantitative estimate of drug-likeness (QED) is 0.901. The molecule has 19 heavy (non-hydrogen) atoms. The molecule has 2 aromatic carbocycles. The van der Waals surface area contributed by atoms with Gasteiger partial charge in [0, 0.05) is 0 Å². The molecule has 0 saturated carbocycles. The van der Waals surface area contributed by atoms with Gasteiger partial charge in [0.2, 0.25) is 0 Å². The molecule has 94 valence electrons. The van der Waals surface area contributed by atoms with Crippen LogP contribution in [-0.2, 0) is 0 Å². The highest BCUT2D eigenvalue weighted by molar-refractivity contribution is 6.31. The Kier molecular flexibility index (Phi) is 3.55. The van der Waals surface area contributed by atoms with Crippen molar-refractivity contribution in [3.63, 3.8) is 0 Å². The van der Waals surface area contributed by atoms with Gasteiger partial charge in [-0.15, -0.1) is 0 Å². The number of carboxylic acid groups (broad SMARTS) is 1. The van der Waals surface area contributed by atoms with Crippen LogP contribution in [0.5, 0.6) is 0 Å². The molecule has 0 spiro atoms. The van der Waals surface area contributed by atoms with Crippen molar-refractivity contribution in [2.45, 2.75) is 6.92 Å². The van der Waals surface area contributed by atoms with E-state index in [9.17, 15) is 9.90 Å². The zero-order valence-electron chi connectivity index (χ0n) is 10.1. The van der Waals surface area contributed by atoms with Gasteiger partial charge in [0.15, 0.2) is 0 Å². The molecule has 0 saturated heterocycles. The molecule has 0 aliphatic rings. The highest BCUT2D eigenvalue weighted by Gasteiger charge is 2.15. The SMILES string of the molecule is Cc1cccc(-c2ccc(Cl)c(C#N)c2)c1C(=O)O. The molecular formula is C15H10ClNO2. The number of hydrogen-bond donors (Lipinski definition) is 1. The summed E-state index contributed by atoms with van der Waals surface area (Å²) in [6, 6.07) is 12.2. The van der Waals surface area contributed by atoms with E-state index in [1.165, 1.54) is 0 Å². The molecule has 0 aliphatic heterocycles. The van der Waals surface area contributed by atoms with Crippen molar-refractivity contribution in [1.82, 2.24) is 0 Å². The van der Waals surface area contributed by atoms with Crippen LogP contribution in [0.15, 0.2) is 36.4 Å². The fraction of sp³-hybridized carbons (Fsp3) is 0.0667. The minimum Gasteiger partial charge on any atom is -0.478 e. The van der Waals surface area contributed by atoms with Crippen LogP contribution in [-0.4, -0.2) is 11.1 Å². The number of aryl methyl sites for hydroxylation is 1. The number of aromatic carboxylic acids is 1. The second-order valence-electron chi connectivity index (χ2n) is 4.11. The predicted octanol–water partition coefficient (Wildman–Crippen LogP) is 3.89. The largest absolute Gasteiger partial charge is 0.478 e. The van der Waals surface area contributed by atoms with Crippen LogP contribution in [0.4, 0.5) is 0 Å². The predicted molar refractivity (Wildman–Crippen MR) is 73.3 cm³/mol. The molecular weight excluding hydrogens is 262 g/mol. The van der Waals surface area contributed by atoms with Crippen LogP contribution in [0.3, 0.4) is 0 Å². The van der Waals surface area contributed by atoms with Crippen molar-refractivity contribution < 1.29 is 9.90 Å². The van der Waals surface area contributed by atoms with Crippen LogP contribution < -0.4 is 0 Å². The Morgan fingerprint density at radius 1 is 1.32 bits per heavy atom. The van der Waals surface area contributed by atoms with E-state index in [-0.39, 0.29) is 5.56 Å². The van der Waals surface area contributed by atoms with E-state index in [1.54, 1.807) is 43.3 Å². The number of hydrogen-bond acceptors (Lipinski definition) is 2. The molecule has 0 unspecified atom stereocenters. The van der Waals surface area contributed by atoms with Gasteiger partial charge < -0.3 is 5.11 Å². The van der Waals surface area contributed by atoms with E-state index < -0.39 is 5.97 Å². The second kappa shape index (κ2) is 5.13. The Bertz CT molecular complexity index is 702. The van der Waals surface area contributed by atoms with E-state index in [0.717, 1.165) is 0 Å². The molecule has 0 bridgehead atoms. The highest BCUT2D eigenvalue weighted by atomic mass is 35.5. The summed E-state index contributed by atoms with van der Waals surface area (Å²) in [7, 11) is 0. The maximum absolute atomic E-state index is 11.3. The number of nitrogens with zero attached hydrogens (tertiary/aromatic N) is 1. The minimum absolute atomic E-state index is 0.244. The molecule has 0 radical (unpaired) electrons. The molecule has 2 rings (SSSR count). The first-order valence-corrected chi connectivity index (χ1v) is 5.95. The third kappa shape index (κ3) is 2.44. The second-order valence-corrected chi connectivity index (χ2v) is 4.52. The fourth-order valence-electron chi connectivity index (χ4n) is 1.97. The van der Waals surface area contributed by atoms with Gasteiger partial charge in [0.05, 0.1) is 16.1 Å². The van der Waals surface area contributed by atoms with Gasteiger partial charge in [0.25, 0.3) is 0 Å². The molecule has 1 N–H and O–H groups in total. The van der Waals surface area contributed by atoms with Gasteiger partial charge in [-0.05, 0) is 35.7 Å². The molecule has 0 atom stereocenters. The van der Waals surface area contributed by atoms with Crippen LogP contribution >= 0.6 is 11.6 Å². The normalized spacial score (nSPS) is 9.95. The Morgan fingerprint density at radius 2 is 2.05 bits per heavy atom. The zero-order valence-corrected chi connectivity index (χ0v) is 10.9. The van der Waals surface area contributed by atoms with Crippen molar-refractivity contribution in [2.75, 3.05) is 0 Å². The Labute approximate surface area is 115 Å². The third-order valence-electron chi connectivity index (χ3n) is 2.88. The smallest absolute Gasteiger partial charge is 0.336 e. The Morgan fingerprint density at radius 3 is 2.68 bits per heavy atom. The third-order valence-corrected chi connectivity index (χ3v) is 3.21. The van der Waals surface area contributed by atoms with Crippen LogP contribution in [0.2, 0.25) is 5.02 Å². The number of rotatable bonds is 2. The van der Waals surface area contributed by atoms with Gasteiger partial charge in [-0.3, -0.25) is 0 Å². The first-order chi connectivity index (χ1) is 9.04. The summed E-state index contributed by atoms with van der Waals surface area (Å²) in [5, 5.41) is 18.6. The van der Waals surface area contributed by atoms with Crippen molar-refractivity contribution >= 4 is 17.6 Å². The Balaban J connectivity index is 2.70. The highest BCUT2D eigenvalue weighted by Crippen LogP contribution is 2.29. The molecule has 3 nitrogen and oxygen atoms in total. The number of carboxylic acids is 1. The van der Waals surface area contributed by atoms with E-state index >= 15 is 0 Å². The van der Waals surface area contributed by atoms with Gasteiger partial charge in [0.1, 0.15) is 6.07 Å². The van der Waals surface area contributed by atoms with Crippen molar-refractivity contribution in [1.29, 1.82) is 5.26 Å². The number of benzene rings is 2. The van der Waals surface area contributed by atoms with Crippen molar-refractivity contribution in [2.24, 2.45) is 0 Å². The summed E-state index contributed by atoms with van der Waals surface area (Å²) in [5.74, 6) is -0.985. The lowest BCUT2D eigenvalue weighted by molar-refractivity contribution is 0.0697. The molecule has 0 fully saturated rings. The zero-order chi connectivity index (χ0) is 14.0. The fourth-order valence-corrected chi connectivity index (χ4v) is 2.13. The maximum atomic E-state index is 11.3. The average Bonchev–Trinajstić information content (AvgIpc) is 2.38. The van der Waals surface area contributed by atoms with Gasteiger partial charge in [-0.2, -0.15) is 5.26 Å². The van der Waals surface area contributed by atoms with Crippen molar-refractivity contribution in [3.05, 3.63) is 58.1 Å². The monoisotopic (exact) mass is 271 g/mol. The van der Waals surface area contributed by atoms with Gasteiger partial charge in [-0.25, -0.2) is 4.79 Å². The van der Waals surface area contributed by atoms with Crippen LogP contribution in [0, 0.1) is 18.3 Å². The summed E-state index contributed by atoms with van der Waals surface area (Å²) >= 11 is 5.88. The van der Waals surface area contributed by atoms with Crippen LogP contribution in [0.25, 0.3) is 11.1 Å². The van der Waals surface area contributed by atoms with Crippen molar-refractivity contribution in [3.8, 4) is 17.2 Å². The molecule has 2 aromatic rings. The summed E-state index contributed by atoms with van der Waals surface area (Å²) < 4.78 is 0. The Hall–Kier alpha value is -2.31. The van der Waals surface area contributed by atoms with E-state index in [0.29, 0.717) is 27.3 Å². The molecule has 0 aliphatic carbocycles. The summed E-state index contributed by atoms with van der Waals surface area (Å²) in [5.41, 5.74) is 2.51. The number of carbonyl (C=O) groups is 1. The minimum atomic E-state index is -0.985. The first-order valence-electron chi connectivity index (χ1n) is 5.57. The van der Waals surface area contributed by atoms with Crippen LogP contribution in [0.1, 0.15) is 21.5 Å².